The largest absolute Gasteiger partial charge is 0.490 e. The summed E-state index contributed by atoms with van der Waals surface area (Å²) < 4.78 is 11.6. The molecule has 1 saturated carbocycles. The molecule has 0 unspecified atom stereocenters. The van der Waals surface area contributed by atoms with Crippen molar-refractivity contribution in [1.29, 1.82) is 0 Å². The Hall–Kier alpha value is -3.00. The quantitative estimate of drug-likeness (QED) is 0.494. The van der Waals surface area contributed by atoms with E-state index in [1.54, 1.807) is 12.1 Å². The number of aryl methyl sites for hydroxylation is 2. The Morgan fingerprint density at radius 2 is 1.75 bits per heavy atom. The zero-order valence-electron chi connectivity index (χ0n) is 21.8. The molecular formula is C27H36ClN3O5. The Bertz CT molecular complexity index is 1180. The van der Waals surface area contributed by atoms with Crippen LogP contribution in [0.3, 0.4) is 0 Å². The number of H-pyrrole nitrogens is 1. The van der Waals surface area contributed by atoms with Gasteiger partial charge in [0.2, 0.25) is 0 Å². The second kappa shape index (κ2) is 11.4. The molecule has 0 bridgehead atoms. The number of pyridine rings is 1. The lowest BCUT2D eigenvalue weighted by Gasteiger charge is -2.31. The van der Waals surface area contributed by atoms with Gasteiger partial charge in [-0.05, 0) is 79.4 Å². The molecule has 2 aromatic rings. The first-order valence-corrected chi connectivity index (χ1v) is 12.6. The zero-order valence-corrected chi connectivity index (χ0v) is 22.6. The first kappa shape index (κ1) is 27.6. The minimum atomic E-state index is -0.535. The molecule has 0 radical (unpaired) electrons. The van der Waals surface area contributed by atoms with Crippen molar-refractivity contribution in [3.63, 3.8) is 0 Å². The van der Waals surface area contributed by atoms with Crippen LogP contribution in [0.2, 0.25) is 5.02 Å². The van der Waals surface area contributed by atoms with Crippen molar-refractivity contribution in [2.75, 3.05) is 0 Å². The van der Waals surface area contributed by atoms with Crippen molar-refractivity contribution < 1.29 is 19.1 Å². The van der Waals surface area contributed by atoms with Gasteiger partial charge >= 0.3 is 6.09 Å². The van der Waals surface area contributed by atoms with Crippen LogP contribution in [0.4, 0.5) is 4.79 Å². The van der Waals surface area contributed by atoms with E-state index in [1.807, 2.05) is 41.5 Å². The average Bonchev–Trinajstić information content (AvgIpc) is 2.75. The Labute approximate surface area is 217 Å². The van der Waals surface area contributed by atoms with Crippen molar-refractivity contribution in [2.45, 2.75) is 91.5 Å². The van der Waals surface area contributed by atoms with E-state index in [4.69, 9.17) is 21.1 Å². The Kier molecular flexibility index (Phi) is 8.71. The van der Waals surface area contributed by atoms with Gasteiger partial charge in [-0.15, -0.1) is 0 Å². The standard InChI is InChI=1S/C27H36ClN3O5/c1-15-11-23(32)22(17(3)30-15)14-29-25(33)21-12-18(28)13-24(16(21)2)35-20-9-7-19(8-10-20)31-26(34)36-27(4,5)6/h11-13,19-20H,7-10,14H2,1-6H3,(H,29,33)(H,30,32)(H,31,34). The average molecular weight is 518 g/mol. The molecular weight excluding hydrogens is 482 g/mol. The molecule has 1 heterocycles. The lowest BCUT2D eigenvalue weighted by molar-refractivity contribution is 0.0470. The Morgan fingerprint density at radius 1 is 1.08 bits per heavy atom. The highest BCUT2D eigenvalue weighted by molar-refractivity contribution is 6.31. The van der Waals surface area contributed by atoms with E-state index in [2.05, 4.69) is 15.6 Å². The highest BCUT2D eigenvalue weighted by Gasteiger charge is 2.26. The lowest BCUT2D eigenvalue weighted by atomic mass is 9.93. The maximum atomic E-state index is 13.0. The molecule has 1 aliphatic rings. The van der Waals surface area contributed by atoms with E-state index in [9.17, 15) is 14.4 Å². The molecule has 0 aliphatic heterocycles. The third-order valence-corrected chi connectivity index (χ3v) is 6.38. The number of benzene rings is 1. The van der Waals surface area contributed by atoms with Crippen LogP contribution in [0.15, 0.2) is 23.0 Å². The first-order valence-electron chi connectivity index (χ1n) is 12.3. The molecule has 3 N–H and O–H groups in total. The number of aromatic amines is 1. The van der Waals surface area contributed by atoms with E-state index in [1.165, 1.54) is 6.07 Å². The second-order valence-electron chi connectivity index (χ2n) is 10.4. The number of alkyl carbamates (subject to hydrolysis) is 1. The van der Waals surface area contributed by atoms with Gasteiger partial charge in [0, 0.05) is 51.8 Å². The third-order valence-electron chi connectivity index (χ3n) is 6.17. The van der Waals surface area contributed by atoms with Gasteiger partial charge in [0.15, 0.2) is 5.43 Å². The highest BCUT2D eigenvalue weighted by Crippen LogP contribution is 2.31. The van der Waals surface area contributed by atoms with E-state index in [0.29, 0.717) is 27.5 Å². The molecule has 196 valence electrons. The van der Waals surface area contributed by atoms with Crippen LogP contribution >= 0.6 is 11.6 Å². The summed E-state index contributed by atoms with van der Waals surface area (Å²) in [6, 6.07) is 4.87. The van der Waals surface area contributed by atoms with Crippen LogP contribution in [0.25, 0.3) is 0 Å². The summed E-state index contributed by atoms with van der Waals surface area (Å²) in [4.78, 5) is 40.4. The number of nitrogens with one attached hydrogen (secondary N) is 3. The molecule has 1 fully saturated rings. The molecule has 36 heavy (non-hydrogen) atoms. The summed E-state index contributed by atoms with van der Waals surface area (Å²) in [5.41, 5.74) is 2.44. The number of ether oxygens (including phenoxy) is 2. The number of halogens is 1. The number of carbonyl (C=O) groups is 2. The predicted octanol–water partition coefficient (Wildman–Crippen LogP) is 5.10. The van der Waals surface area contributed by atoms with Crippen molar-refractivity contribution in [3.05, 3.63) is 61.5 Å². The molecule has 1 aliphatic carbocycles. The highest BCUT2D eigenvalue weighted by atomic mass is 35.5. The number of aromatic nitrogens is 1. The van der Waals surface area contributed by atoms with Crippen LogP contribution < -0.4 is 20.8 Å². The number of hydrogen-bond acceptors (Lipinski definition) is 5. The van der Waals surface area contributed by atoms with Gasteiger partial charge in [-0.2, -0.15) is 0 Å². The molecule has 9 heteroatoms. The molecule has 0 atom stereocenters. The van der Waals surface area contributed by atoms with Crippen LogP contribution in [0.5, 0.6) is 5.75 Å². The van der Waals surface area contributed by atoms with Crippen molar-refractivity contribution in [1.82, 2.24) is 15.6 Å². The molecule has 0 saturated heterocycles. The van der Waals surface area contributed by atoms with Crippen molar-refractivity contribution in [2.24, 2.45) is 0 Å². The number of rotatable bonds is 6. The number of hydrogen-bond donors (Lipinski definition) is 3. The predicted molar refractivity (Wildman–Crippen MR) is 140 cm³/mol. The minimum Gasteiger partial charge on any atom is -0.490 e. The van der Waals surface area contributed by atoms with Crippen LogP contribution in [-0.2, 0) is 11.3 Å². The summed E-state index contributed by atoms with van der Waals surface area (Å²) >= 11 is 6.33. The van der Waals surface area contributed by atoms with Crippen LogP contribution in [-0.4, -0.2) is 34.7 Å². The fraction of sp³-hybridized carbons (Fsp3) is 0.519. The van der Waals surface area contributed by atoms with Crippen LogP contribution in [0, 0.1) is 20.8 Å². The van der Waals surface area contributed by atoms with Crippen LogP contribution in [0.1, 0.15) is 79.3 Å². The minimum absolute atomic E-state index is 0.0369. The summed E-state index contributed by atoms with van der Waals surface area (Å²) in [6.45, 7) is 11.1. The van der Waals surface area contributed by atoms with Crippen molar-refractivity contribution >= 4 is 23.6 Å². The second-order valence-corrected chi connectivity index (χ2v) is 10.9. The number of carbonyl (C=O) groups excluding carboxylic acids is 2. The Balaban J connectivity index is 1.61. The smallest absolute Gasteiger partial charge is 0.407 e. The molecule has 3 rings (SSSR count). The molecule has 2 amide bonds. The van der Waals surface area contributed by atoms with Crippen molar-refractivity contribution in [3.8, 4) is 5.75 Å². The topological polar surface area (TPSA) is 110 Å². The van der Waals surface area contributed by atoms with Gasteiger partial charge < -0.3 is 25.1 Å². The summed E-state index contributed by atoms with van der Waals surface area (Å²) in [5.74, 6) is 0.227. The van der Waals surface area contributed by atoms with Gasteiger partial charge in [-0.3, -0.25) is 9.59 Å². The fourth-order valence-corrected chi connectivity index (χ4v) is 4.56. The normalized spacial score (nSPS) is 17.9. The van der Waals surface area contributed by atoms with Gasteiger partial charge in [-0.25, -0.2) is 4.79 Å². The molecule has 1 aromatic heterocycles. The molecule has 8 nitrogen and oxygen atoms in total. The van der Waals surface area contributed by atoms with E-state index in [-0.39, 0.29) is 30.0 Å². The maximum absolute atomic E-state index is 13.0. The lowest BCUT2D eigenvalue weighted by Crippen LogP contribution is -2.42. The molecule has 1 aromatic carbocycles. The fourth-order valence-electron chi connectivity index (χ4n) is 4.35. The van der Waals surface area contributed by atoms with Gasteiger partial charge in [-0.1, -0.05) is 11.6 Å². The summed E-state index contributed by atoms with van der Waals surface area (Å²) in [6.07, 6.45) is 2.58. The summed E-state index contributed by atoms with van der Waals surface area (Å²) in [7, 11) is 0. The SMILES string of the molecule is Cc1cc(=O)c(CNC(=O)c2cc(Cl)cc(OC3CCC(NC(=O)OC(C)(C)C)CC3)c2C)c(C)[nH]1. The Morgan fingerprint density at radius 3 is 2.36 bits per heavy atom. The molecule has 0 spiro atoms. The maximum Gasteiger partial charge on any atom is 0.407 e. The van der Waals surface area contributed by atoms with Gasteiger partial charge in [0.25, 0.3) is 5.91 Å². The van der Waals surface area contributed by atoms with E-state index < -0.39 is 11.7 Å². The zero-order chi connectivity index (χ0) is 26.6. The third kappa shape index (κ3) is 7.50. The van der Waals surface area contributed by atoms with E-state index >= 15 is 0 Å². The number of amides is 2. The monoisotopic (exact) mass is 517 g/mol. The van der Waals surface area contributed by atoms with Gasteiger partial charge in [0.05, 0.1) is 6.10 Å². The first-order chi connectivity index (χ1) is 16.8. The summed E-state index contributed by atoms with van der Waals surface area (Å²) in [5, 5.41) is 6.15. The van der Waals surface area contributed by atoms with Gasteiger partial charge in [0.1, 0.15) is 11.4 Å². The van der Waals surface area contributed by atoms with E-state index in [0.717, 1.165) is 37.1 Å².